The second-order valence-electron chi connectivity index (χ2n) is 4.23. The summed E-state index contributed by atoms with van der Waals surface area (Å²) in [5, 5.41) is 11.0. The number of nitrogens with two attached hydrogens (primary N) is 1. The number of hydrogen-bond acceptors (Lipinski definition) is 4. The third kappa shape index (κ3) is 1.94. The quantitative estimate of drug-likeness (QED) is 0.814. The summed E-state index contributed by atoms with van der Waals surface area (Å²) in [7, 11) is 3.49. The number of aryl methyl sites for hydroxylation is 4. The van der Waals surface area contributed by atoms with Crippen molar-refractivity contribution in [2.24, 2.45) is 14.1 Å². The van der Waals surface area contributed by atoms with Crippen LogP contribution in [0.1, 0.15) is 21.9 Å². The normalized spacial score (nSPS) is 10.7. The predicted molar refractivity (Wildman–Crippen MR) is 68.3 cm³/mol. The Morgan fingerprint density at radius 2 is 1.94 bits per heavy atom. The molecule has 0 aliphatic carbocycles. The second kappa shape index (κ2) is 4.17. The molecule has 1 amide bonds. The van der Waals surface area contributed by atoms with Crippen LogP contribution in [0.15, 0.2) is 6.20 Å². The number of amides is 1. The van der Waals surface area contributed by atoms with Gasteiger partial charge in [0, 0.05) is 20.3 Å². The van der Waals surface area contributed by atoms with Gasteiger partial charge < -0.3 is 11.1 Å². The fourth-order valence-corrected chi connectivity index (χ4v) is 1.85. The van der Waals surface area contributed by atoms with Crippen LogP contribution >= 0.6 is 0 Å². The summed E-state index contributed by atoms with van der Waals surface area (Å²) in [6.45, 7) is 3.59. The van der Waals surface area contributed by atoms with Crippen molar-refractivity contribution in [1.29, 1.82) is 0 Å². The van der Waals surface area contributed by atoms with E-state index in [9.17, 15) is 4.79 Å². The van der Waals surface area contributed by atoms with Gasteiger partial charge in [0.2, 0.25) is 0 Å². The molecule has 96 valence electrons. The van der Waals surface area contributed by atoms with Crippen molar-refractivity contribution in [3.8, 4) is 0 Å². The molecule has 18 heavy (non-hydrogen) atoms. The molecule has 2 heterocycles. The molecule has 0 aliphatic rings. The van der Waals surface area contributed by atoms with Gasteiger partial charge in [-0.1, -0.05) is 0 Å². The van der Waals surface area contributed by atoms with Gasteiger partial charge in [-0.3, -0.25) is 14.2 Å². The number of nitrogens with zero attached hydrogens (tertiary/aromatic N) is 4. The lowest BCUT2D eigenvalue weighted by Crippen LogP contribution is -2.17. The third-order valence-corrected chi connectivity index (χ3v) is 2.75. The standard InChI is InChI=1S/C11H16N6O/c1-6-8(5-16(3)14-6)13-11(18)10-9(12)7(2)15-17(10)4/h5H,12H2,1-4H3,(H,13,18). The van der Waals surface area contributed by atoms with Crippen LogP contribution in [0.2, 0.25) is 0 Å². The summed E-state index contributed by atoms with van der Waals surface area (Å²) in [6, 6.07) is 0. The molecular formula is C11H16N6O. The first-order valence-electron chi connectivity index (χ1n) is 5.50. The van der Waals surface area contributed by atoms with E-state index < -0.39 is 0 Å². The van der Waals surface area contributed by atoms with Crippen molar-refractivity contribution in [3.05, 3.63) is 23.3 Å². The summed E-state index contributed by atoms with van der Waals surface area (Å²) >= 11 is 0. The van der Waals surface area contributed by atoms with Gasteiger partial charge in [0.25, 0.3) is 5.91 Å². The van der Waals surface area contributed by atoms with Crippen molar-refractivity contribution in [2.45, 2.75) is 13.8 Å². The molecule has 0 saturated heterocycles. The topological polar surface area (TPSA) is 90.8 Å². The molecule has 0 aliphatic heterocycles. The van der Waals surface area contributed by atoms with Crippen molar-refractivity contribution in [2.75, 3.05) is 11.1 Å². The van der Waals surface area contributed by atoms with Crippen LogP contribution in [0.25, 0.3) is 0 Å². The molecule has 0 aromatic carbocycles. The SMILES string of the molecule is Cc1nn(C)cc1NC(=O)c1c(N)c(C)nn1C. The van der Waals surface area contributed by atoms with Crippen molar-refractivity contribution in [3.63, 3.8) is 0 Å². The fraction of sp³-hybridized carbons (Fsp3) is 0.364. The predicted octanol–water partition coefficient (Wildman–Crippen LogP) is 0.605. The Hall–Kier alpha value is -2.31. The Balaban J connectivity index is 2.30. The first-order chi connectivity index (χ1) is 8.40. The van der Waals surface area contributed by atoms with Crippen LogP contribution in [0.4, 0.5) is 11.4 Å². The van der Waals surface area contributed by atoms with Crippen LogP contribution < -0.4 is 11.1 Å². The van der Waals surface area contributed by atoms with Gasteiger partial charge in [0.05, 0.1) is 22.8 Å². The van der Waals surface area contributed by atoms with Gasteiger partial charge in [-0.05, 0) is 13.8 Å². The zero-order valence-corrected chi connectivity index (χ0v) is 10.9. The van der Waals surface area contributed by atoms with Crippen LogP contribution in [-0.4, -0.2) is 25.5 Å². The highest BCUT2D eigenvalue weighted by atomic mass is 16.2. The van der Waals surface area contributed by atoms with Gasteiger partial charge in [0.15, 0.2) is 0 Å². The maximum absolute atomic E-state index is 12.1. The summed E-state index contributed by atoms with van der Waals surface area (Å²) in [6.07, 6.45) is 1.74. The zero-order chi connectivity index (χ0) is 13.4. The van der Waals surface area contributed by atoms with E-state index in [1.54, 1.807) is 31.9 Å². The van der Waals surface area contributed by atoms with Crippen LogP contribution in [0, 0.1) is 13.8 Å². The fourth-order valence-electron chi connectivity index (χ4n) is 1.85. The third-order valence-electron chi connectivity index (χ3n) is 2.75. The summed E-state index contributed by atoms with van der Waals surface area (Å²) in [5.74, 6) is -0.285. The highest BCUT2D eigenvalue weighted by molar-refractivity contribution is 6.06. The Labute approximate surface area is 105 Å². The summed E-state index contributed by atoms with van der Waals surface area (Å²) in [4.78, 5) is 12.1. The molecule has 2 aromatic heterocycles. The van der Waals surface area contributed by atoms with Crippen LogP contribution in [0.5, 0.6) is 0 Å². The molecule has 0 bridgehead atoms. The lowest BCUT2D eigenvalue weighted by molar-refractivity contribution is 0.101. The number of rotatable bonds is 2. The molecule has 0 atom stereocenters. The highest BCUT2D eigenvalue weighted by Crippen LogP contribution is 2.18. The molecule has 7 heteroatoms. The molecule has 0 spiro atoms. The van der Waals surface area contributed by atoms with E-state index in [-0.39, 0.29) is 5.91 Å². The number of nitrogens with one attached hydrogen (secondary N) is 1. The minimum absolute atomic E-state index is 0.285. The summed E-state index contributed by atoms with van der Waals surface area (Å²) in [5.41, 5.74) is 8.66. The highest BCUT2D eigenvalue weighted by Gasteiger charge is 2.19. The number of aromatic nitrogens is 4. The molecule has 2 rings (SSSR count). The van der Waals surface area contributed by atoms with E-state index in [2.05, 4.69) is 15.5 Å². The van der Waals surface area contributed by atoms with E-state index in [0.717, 1.165) is 5.69 Å². The van der Waals surface area contributed by atoms with E-state index in [1.807, 2.05) is 6.92 Å². The monoisotopic (exact) mass is 248 g/mol. The Morgan fingerprint density at radius 3 is 2.39 bits per heavy atom. The largest absolute Gasteiger partial charge is 0.395 e. The molecule has 0 saturated carbocycles. The average molecular weight is 248 g/mol. The molecule has 0 fully saturated rings. The lowest BCUT2D eigenvalue weighted by Gasteiger charge is -2.04. The van der Waals surface area contributed by atoms with Crippen LogP contribution in [0.3, 0.4) is 0 Å². The van der Waals surface area contributed by atoms with E-state index in [0.29, 0.717) is 22.8 Å². The van der Waals surface area contributed by atoms with E-state index >= 15 is 0 Å². The minimum Gasteiger partial charge on any atom is -0.395 e. The van der Waals surface area contributed by atoms with Gasteiger partial charge in [-0.2, -0.15) is 10.2 Å². The Morgan fingerprint density at radius 1 is 1.28 bits per heavy atom. The summed E-state index contributed by atoms with van der Waals surface area (Å²) < 4.78 is 3.12. The van der Waals surface area contributed by atoms with Crippen LogP contribution in [-0.2, 0) is 14.1 Å². The molecule has 0 unspecified atom stereocenters. The smallest absolute Gasteiger partial charge is 0.276 e. The molecule has 7 nitrogen and oxygen atoms in total. The number of hydrogen-bond donors (Lipinski definition) is 2. The number of anilines is 2. The number of carbonyl (C=O) groups excluding carboxylic acids is 1. The van der Waals surface area contributed by atoms with E-state index in [1.165, 1.54) is 4.68 Å². The van der Waals surface area contributed by atoms with E-state index in [4.69, 9.17) is 5.73 Å². The van der Waals surface area contributed by atoms with Gasteiger partial charge in [-0.15, -0.1) is 0 Å². The Kier molecular flexibility index (Phi) is 2.82. The Bertz CT molecular complexity index is 609. The van der Waals surface area contributed by atoms with Crippen molar-refractivity contribution in [1.82, 2.24) is 19.6 Å². The molecule has 3 N–H and O–H groups in total. The average Bonchev–Trinajstić information content (AvgIpc) is 2.69. The van der Waals surface area contributed by atoms with Crippen molar-refractivity contribution < 1.29 is 4.79 Å². The first kappa shape index (κ1) is 12.2. The lowest BCUT2D eigenvalue weighted by atomic mass is 10.3. The van der Waals surface area contributed by atoms with Crippen molar-refractivity contribution >= 4 is 17.3 Å². The number of nitrogen functional groups attached to an aromatic ring is 1. The molecular weight excluding hydrogens is 232 g/mol. The molecule has 2 aromatic rings. The second-order valence-corrected chi connectivity index (χ2v) is 4.23. The zero-order valence-electron chi connectivity index (χ0n) is 10.9. The number of carbonyl (C=O) groups is 1. The van der Waals surface area contributed by atoms with Gasteiger partial charge in [0.1, 0.15) is 5.69 Å². The first-order valence-corrected chi connectivity index (χ1v) is 5.50. The maximum atomic E-state index is 12.1. The minimum atomic E-state index is -0.285. The van der Waals surface area contributed by atoms with Gasteiger partial charge >= 0.3 is 0 Å². The van der Waals surface area contributed by atoms with Gasteiger partial charge in [-0.25, -0.2) is 0 Å². The maximum Gasteiger partial charge on any atom is 0.276 e. The molecule has 0 radical (unpaired) electrons.